The molecule has 0 atom stereocenters. The smallest absolute Gasteiger partial charge is 0.293 e. The zero-order chi connectivity index (χ0) is 17.1. The molecule has 7 heteroatoms. The molecule has 1 fully saturated rings. The minimum absolute atomic E-state index is 0.417. The van der Waals surface area contributed by atoms with Crippen molar-refractivity contribution in [1.29, 1.82) is 0 Å². The molecule has 4 amide bonds. The molecule has 0 aliphatic carbocycles. The Labute approximate surface area is 139 Å². The Morgan fingerprint density at radius 3 is 2.13 bits per heavy atom. The van der Waals surface area contributed by atoms with Crippen molar-refractivity contribution < 1.29 is 14.4 Å². The number of amides is 4. The molecule has 122 valence electrons. The molecule has 0 saturated carbocycles. The largest absolute Gasteiger partial charge is 0.332 e. The van der Waals surface area contributed by atoms with Crippen molar-refractivity contribution >= 4 is 35.2 Å². The highest BCUT2D eigenvalue weighted by atomic mass is 35.5. The van der Waals surface area contributed by atoms with E-state index in [0.29, 0.717) is 23.7 Å². The topological polar surface area (TPSA) is 70.1 Å². The molecule has 0 N–H and O–H groups in total. The molecule has 1 saturated heterocycles. The van der Waals surface area contributed by atoms with Crippen molar-refractivity contribution in [3.05, 3.63) is 34.9 Å². The van der Waals surface area contributed by atoms with E-state index < -0.39 is 23.8 Å². The summed E-state index contributed by atoms with van der Waals surface area (Å²) in [6.07, 6.45) is 0.675. The van der Waals surface area contributed by atoms with E-state index in [1.165, 1.54) is 14.1 Å². The Balaban J connectivity index is 2.07. The summed E-state index contributed by atoms with van der Waals surface area (Å²) in [5, 5.41) is 0.669. The highest BCUT2D eigenvalue weighted by Gasteiger charge is 2.43. The summed E-state index contributed by atoms with van der Waals surface area (Å²) in [6.45, 7) is 2.09. The van der Waals surface area contributed by atoms with Crippen molar-refractivity contribution in [1.82, 2.24) is 9.80 Å². The van der Waals surface area contributed by atoms with Gasteiger partial charge < -0.3 is 0 Å². The quantitative estimate of drug-likeness (QED) is 0.624. The third-order valence-electron chi connectivity index (χ3n) is 3.82. The number of aliphatic imine (C=N–C) groups is 1. The van der Waals surface area contributed by atoms with Crippen LogP contribution < -0.4 is 0 Å². The molecule has 0 radical (unpaired) electrons. The monoisotopic (exact) mass is 335 g/mol. The third kappa shape index (κ3) is 3.59. The molecule has 0 spiro atoms. The summed E-state index contributed by atoms with van der Waals surface area (Å²) < 4.78 is 0. The Morgan fingerprint density at radius 2 is 1.61 bits per heavy atom. The molecule has 1 heterocycles. The minimum Gasteiger partial charge on any atom is -0.293 e. The van der Waals surface area contributed by atoms with Crippen molar-refractivity contribution in [2.45, 2.75) is 13.3 Å². The molecular formula is C16H18ClN3O3. The van der Waals surface area contributed by atoms with Gasteiger partial charge in [0.2, 0.25) is 11.8 Å². The van der Waals surface area contributed by atoms with E-state index in [0.717, 1.165) is 15.4 Å². The van der Waals surface area contributed by atoms with Crippen LogP contribution in [0.1, 0.15) is 12.5 Å². The van der Waals surface area contributed by atoms with Gasteiger partial charge in [-0.1, -0.05) is 23.7 Å². The lowest BCUT2D eigenvalue weighted by Crippen LogP contribution is -2.58. The van der Waals surface area contributed by atoms with Crippen molar-refractivity contribution in [3.8, 4) is 0 Å². The van der Waals surface area contributed by atoms with Gasteiger partial charge in [-0.2, -0.15) is 0 Å². The highest BCUT2D eigenvalue weighted by molar-refractivity contribution is 6.30. The molecule has 2 rings (SSSR count). The van der Waals surface area contributed by atoms with Gasteiger partial charge in [-0.05, 0) is 31.0 Å². The number of hydrogen-bond acceptors (Lipinski definition) is 4. The van der Waals surface area contributed by atoms with Gasteiger partial charge in [0.05, 0.1) is 0 Å². The standard InChI is InChI=1S/C16H18ClN3O3/c1-10(18-9-8-11-4-6-12(17)7-5-11)13-14(21)19(2)16(23)20(3)15(13)22/h4-7,13H,8-9H2,1-3H3. The predicted octanol–water partition coefficient (Wildman–Crippen LogP) is 2.01. The first-order chi connectivity index (χ1) is 10.8. The summed E-state index contributed by atoms with van der Waals surface area (Å²) in [7, 11) is 2.73. The first kappa shape index (κ1) is 17.1. The highest BCUT2D eigenvalue weighted by Crippen LogP contribution is 2.17. The van der Waals surface area contributed by atoms with Crippen LogP contribution in [-0.4, -0.2) is 54.0 Å². The Hall–Kier alpha value is -2.21. The second kappa shape index (κ2) is 6.91. The molecule has 0 unspecified atom stereocenters. The van der Waals surface area contributed by atoms with E-state index in [-0.39, 0.29) is 0 Å². The maximum absolute atomic E-state index is 12.2. The molecule has 6 nitrogen and oxygen atoms in total. The number of rotatable bonds is 4. The number of hydrogen-bond donors (Lipinski definition) is 0. The molecule has 23 heavy (non-hydrogen) atoms. The molecule has 1 aromatic rings. The van der Waals surface area contributed by atoms with Gasteiger partial charge in [0.25, 0.3) is 0 Å². The number of benzene rings is 1. The van der Waals surface area contributed by atoms with Crippen LogP contribution in [-0.2, 0) is 16.0 Å². The number of imide groups is 2. The van der Waals surface area contributed by atoms with E-state index in [4.69, 9.17) is 11.6 Å². The Kier molecular flexibility index (Phi) is 5.15. The van der Waals surface area contributed by atoms with Gasteiger partial charge >= 0.3 is 6.03 Å². The van der Waals surface area contributed by atoms with Gasteiger partial charge in [-0.25, -0.2) is 4.79 Å². The first-order valence-electron chi connectivity index (χ1n) is 7.17. The number of urea groups is 1. The van der Waals surface area contributed by atoms with Crippen molar-refractivity contribution in [2.24, 2.45) is 10.9 Å². The first-order valence-corrected chi connectivity index (χ1v) is 7.55. The summed E-state index contributed by atoms with van der Waals surface area (Å²) >= 11 is 5.83. The summed E-state index contributed by atoms with van der Waals surface area (Å²) in [5.41, 5.74) is 1.48. The maximum atomic E-state index is 12.2. The number of nitrogens with zero attached hydrogens (tertiary/aromatic N) is 3. The fourth-order valence-electron chi connectivity index (χ4n) is 2.37. The average Bonchev–Trinajstić information content (AvgIpc) is 2.53. The van der Waals surface area contributed by atoms with Crippen LogP contribution in [0.5, 0.6) is 0 Å². The van der Waals surface area contributed by atoms with E-state index in [1.807, 2.05) is 12.1 Å². The zero-order valence-electron chi connectivity index (χ0n) is 13.2. The van der Waals surface area contributed by atoms with Gasteiger partial charge in [0.1, 0.15) is 0 Å². The number of carbonyl (C=O) groups is 3. The fourth-order valence-corrected chi connectivity index (χ4v) is 2.49. The van der Waals surface area contributed by atoms with Gasteiger partial charge in [-0.15, -0.1) is 0 Å². The molecule has 0 aromatic heterocycles. The SMILES string of the molecule is CC(=NCCc1ccc(Cl)cc1)C1C(=O)N(C)C(=O)N(C)C1=O. The van der Waals surface area contributed by atoms with E-state index in [9.17, 15) is 14.4 Å². The number of barbiturate groups is 1. The molecule has 0 bridgehead atoms. The van der Waals surface area contributed by atoms with Gasteiger partial charge in [-0.3, -0.25) is 24.4 Å². The molecule has 1 aliphatic rings. The van der Waals surface area contributed by atoms with Crippen LogP contribution in [0.25, 0.3) is 0 Å². The second-order valence-electron chi connectivity index (χ2n) is 5.41. The Morgan fingerprint density at radius 1 is 1.09 bits per heavy atom. The number of carbonyl (C=O) groups excluding carboxylic acids is 3. The van der Waals surface area contributed by atoms with Crippen LogP contribution in [0.15, 0.2) is 29.3 Å². The molecular weight excluding hydrogens is 318 g/mol. The summed E-state index contributed by atoms with van der Waals surface area (Å²) in [6, 6.07) is 6.80. The maximum Gasteiger partial charge on any atom is 0.332 e. The van der Waals surface area contributed by atoms with E-state index >= 15 is 0 Å². The lowest BCUT2D eigenvalue weighted by molar-refractivity contribution is -0.144. The second-order valence-corrected chi connectivity index (χ2v) is 5.85. The van der Waals surface area contributed by atoms with Crippen LogP contribution in [0.4, 0.5) is 4.79 Å². The molecule has 1 aromatic carbocycles. The third-order valence-corrected chi connectivity index (χ3v) is 4.07. The van der Waals surface area contributed by atoms with Crippen LogP contribution in [0, 0.1) is 5.92 Å². The van der Waals surface area contributed by atoms with Crippen molar-refractivity contribution in [3.63, 3.8) is 0 Å². The van der Waals surface area contributed by atoms with E-state index in [2.05, 4.69) is 4.99 Å². The number of halogens is 1. The average molecular weight is 336 g/mol. The lowest BCUT2D eigenvalue weighted by Gasteiger charge is -2.32. The predicted molar refractivity (Wildman–Crippen MR) is 87.6 cm³/mol. The fraction of sp³-hybridized carbons (Fsp3) is 0.375. The normalized spacial score (nSPS) is 17.2. The lowest BCUT2D eigenvalue weighted by atomic mass is 9.99. The minimum atomic E-state index is -1.02. The van der Waals surface area contributed by atoms with Gasteiger partial charge in [0, 0.05) is 31.4 Å². The Bertz CT molecular complexity index is 646. The zero-order valence-corrected chi connectivity index (χ0v) is 14.0. The van der Waals surface area contributed by atoms with Crippen LogP contribution >= 0.6 is 11.6 Å². The molecule has 1 aliphatic heterocycles. The van der Waals surface area contributed by atoms with Gasteiger partial charge in [0.15, 0.2) is 5.92 Å². The van der Waals surface area contributed by atoms with E-state index in [1.54, 1.807) is 19.1 Å². The van der Waals surface area contributed by atoms with Crippen LogP contribution in [0.2, 0.25) is 5.02 Å². The van der Waals surface area contributed by atoms with Crippen LogP contribution in [0.3, 0.4) is 0 Å². The summed E-state index contributed by atoms with van der Waals surface area (Å²) in [4.78, 5) is 42.3. The van der Waals surface area contributed by atoms with Crippen molar-refractivity contribution in [2.75, 3.05) is 20.6 Å². The summed E-state index contributed by atoms with van der Waals surface area (Å²) in [5.74, 6) is -2.09.